The Morgan fingerprint density at radius 2 is 1.84 bits per heavy atom. The molecule has 0 unspecified atom stereocenters. The van der Waals surface area contributed by atoms with Gasteiger partial charge in [0.25, 0.3) is 0 Å². The monoisotopic (exact) mass is 433 g/mol. The van der Waals surface area contributed by atoms with Crippen LogP contribution in [-0.2, 0) is 6.54 Å². The number of nitrogens with zero attached hydrogens (tertiary/aromatic N) is 3. The fourth-order valence-electron chi connectivity index (χ4n) is 3.29. The molecule has 0 saturated carbocycles. The van der Waals surface area contributed by atoms with Gasteiger partial charge in [0.05, 0.1) is 6.20 Å². The van der Waals surface area contributed by atoms with Crippen molar-refractivity contribution < 1.29 is 22.3 Å². The van der Waals surface area contributed by atoms with Gasteiger partial charge in [0.2, 0.25) is 0 Å². The Kier molecular flexibility index (Phi) is 5.64. The van der Waals surface area contributed by atoms with E-state index in [2.05, 4.69) is 20.0 Å². The summed E-state index contributed by atoms with van der Waals surface area (Å²) in [4.78, 5) is 10.5. The predicted molar refractivity (Wildman–Crippen MR) is 108 cm³/mol. The molecule has 0 aliphatic carbocycles. The highest BCUT2D eigenvalue weighted by Gasteiger charge is 2.31. The zero-order valence-electron chi connectivity index (χ0n) is 16.2. The fraction of sp³-hybridized carbons (Fsp3) is 0.238. The van der Waals surface area contributed by atoms with Crippen LogP contribution in [-0.4, -0.2) is 35.5 Å². The first kappa shape index (κ1) is 20.9. The van der Waals surface area contributed by atoms with Crippen LogP contribution in [0.3, 0.4) is 0 Å². The van der Waals surface area contributed by atoms with Gasteiger partial charge in [-0.25, -0.2) is 9.37 Å². The summed E-state index contributed by atoms with van der Waals surface area (Å²) in [6.45, 7) is 1.68. The average molecular weight is 433 g/mol. The van der Waals surface area contributed by atoms with Crippen molar-refractivity contribution in [1.29, 1.82) is 0 Å². The van der Waals surface area contributed by atoms with Gasteiger partial charge in [-0.2, -0.15) is 0 Å². The first-order chi connectivity index (χ1) is 14.8. The van der Waals surface area contributed by atoms with Gasteiger partial charge in [-0.15, -0.1) is 13.2 Å². The van der Waals surface area contributed by atoms with Crippen LogP contribution in [0.25, 0.3) is 11.1 Å². The number of nitrogens with one attached hydrogen (secondary N) is 1. The minimum Gasteiger partial charge on any atom is -0.406 e. The highest BCUT2D eigenvalue weighted by Crippen LogP contribution is 2.32. The third-order valence-corrected chi connectivity index (χ3v) is 4.73. The number of halogens is 4. The summed E-state index contributed by atoms with van der Waals surface area (Å²) in [5, 5.41) is 3.12. The Bertz CT molecular complexity index is 1050. The van der Waals surface area contributed by atoms with Gasteiger partial charge in [0.1, 0.15) is 17.4 Å². The Labute approximate surface area is 175 Å². The maximum atomic E-state index is 13.7. The fourth-order valence-corrected chi connectivity index (χ4v) is 3.29. The summed E-state index contributed by atoms with van der Waals surface area (Å²) < 4.78 is 54.4. The van der Waals surface area contributed by atoms with Crippen LogP contribution < -0.4 is 20.7 Å². The third kappa shape index (κ3) is 5.21. The quantitative estimate of drug-likeness (QED) is 0.574. The van der Waals surface area contributed by atoms with Crippen LogP contribution in [0.2, 0.25) is 0 Å². The van der Waals surface area contributed by atoms with Crippen molar-refractivity contribution in [3.63, 3.8) is 0 Å². The summed E-state index contributed by atoms with van der Waals surface area (Å²) in [5.74, 6) is -0.0438. The second-order valence-corrected chi connectivity index (χ2v) is 7.20. The molecule has 1 aliphatic rings. The van der Waals surface area contributed by atoms with Gasteiger partial charge >= 0.3 is 6.36 Å². The number of alkyl halides is 3. The SMILES string of the molecule is NC1CN(c2ncc(CNc3ccc(OC(F)(F)F)cc3)cc2-c2cncc(F)c2)C1. The van der Waals surface area contributed by atoms with E-state index in [0.717, 1.165) is 17.3 Å². The highest BCUT2D eigenvalue weighted by atomic mass is 19.4. The molecular formula is C21H19F4N5O. The van der Waals surface area contributed by atoms with E-state index in [-0.39, 0.29) is 11.8 Å². The zero-order chi connectivity index (χ0) is 22.0. The number of benzene rings is 1. The van der Waals surface area contributed by atoms with Crippen molar-refractivity contribution >= 4 is 11.5 Å². The Morgan fingerprint density at radius 3 is 2.48 bits per heavy atom. The molecule has 162 valence electrons. The standard InChI is InChI=1S/C21H19F4N5O/c22-15-6-14(9-27-10-15)19-5-13(8-29-20(19)30-11-16(26)12-30)7-28-17-1-3-18(4-2-17)31-21(23,24)25/h1-6,8-10,16,28H,7,11-12,26H2. The number of hydrogen-bond acceptors (Lipinski definition) is 6. The first-order valence-electron chi connectivity index (χ1n) is 9.47. The lowest BCUT2D eigenvalue weighted by Gasteiger charge is -2.39. The lowest BCUT2D eigenvalue weighted by atomic mass is 10.0. The molecule has 31 heavy (non-hydrogen) atoms. The van der Waals surface area contributed by atoms with Crippen LogP contribution in [0.5, 0.6) is 5.75 Å². The second kappa shape index (κ2) is 8.38. The number of ether oxygens (including phenoxy) is 1. The van der Waals surface area contributed by atoms with E-state index in [1.165, 1.54) is 30.3 Å². The molecule has 0 atom stereocenters. The summed E-state index contributed by atoms with van der Waals surface area (Å²) in [5.41, 5.74) is 8.63. The van der Waals surface area contributed by atoms with Crippen molar-refractivity contribution in [3.8, 4) is 16.9 Å². The first-order valence-corrected chi connectivity index (χ1v) is 9.47. The highest BCUT2D eigenvalue weighted by molar-refractivity contribution is 5.76. The number of anilines is 2. The zero-order valence-corrected chi connectivity index (χ0v) is 16.2. The van der Waals surface area contributed by atoms with Gasteiger partial charge in [0.15, 0.2) is 0 Å². The maximum absolute atomic E-state index is 13.7. The van der Waals surface area contributed by atoms with Crippen molar-refractivity contribution in [1.82, 2.24) is 9.97 Å². The summed E-state index contributed by atoms with van der Waals surface area (Å²) >= 11 is 0. The van der Waals surface area contributed by atoms with E-state index in [1.807, 2.05) is 11.0 Å². The predicted octanol–water partition coefficient (Wildman–Crippen LogP) is 3.94. The molecule has 3 aromatic rings. The van der Waals surface area contributed by atoms with Crippen LogP contribution in [0.1, 0.15) is 5.56 Å². The Morgan fingerprint density at radius 1 is 1.10 bits per heavy atom. The van der Waals surface area contributed by atoms with Crippen LogP contribution >= 0.6 is 0 Å². The number of rotatable bonds is 6. The molecule has 1 aliphatic heterocycles. The summed E-state index contributed by atoms with van der Waals surface area (Å²) in [6.07, 6.45) is -0.331. The summed E-state index contributed by atoms with van der Waals surface area (Å²) in [7, 11) is 0. The molecule has 0 spiro atoms. The molecule has 0 amide bonds. The number of hydrogen-bond donors (Lipinski definition) is 2. The number of aromatic nitrogens is 2. The molecule has 2 aromatic heterocycles. The molecule has 3 N–H and O–H groups in total. The minimum absolute atomic E-state index is 0.0749. The largest absolute Gasteiger partial charge is 0.573 e. The van der Waals surface area contributed by atoms with E-state index < -0.39 is 12.2 Å². The molecule has 10 heteroatoms. The Hall–Kier alpha value is -3.40. The van der Waals surface area contributed by atoms with E-state index in [0.29, 0.717) is 36.7 Å². The smallest absolute Gasteiger partial charge is 0.406 e. The topological polar surface area (TPSA) is 76.3 Å². The van der Waals surface area contributed by atoms with Gasteiger partial charge < -0.3 is 20.7 Å². The molecule has 1 saturated heterocycles. The van der Waals surface area contributed by atoms with E-state index in [1.54, 1.807) is 12.4 Å². The van der Waals surface area contributed by atoms with Crippen molar-refractivity contribution in [2.45, 2.75) is 18.9 Å². The van der Waals surface area contributed by atoms with Crippen LogP contribution in [0.4, 0.5) is 29.1 Å². The molecule has 3 heterocycles. The van der Waals surface area contributed by atoms with Gasteiger partial charge in [-0.1, -0.05) is 0 Å². The molecule has 1 aromatic carbocycles. The molecular weight excluding hydrogens is 414 g/mol. The number of nitrogens with two attached hydrogens (primary N) is 1. The molecule has 6 nitrogen and oxygen atoms in total. The van der Waals surface area contributed by atoms with Crippen molar-refractivity contribution in [2.24, 2.45) is 5.73 Å². The molecule has 4 rings (SSSR count). The molecule has 1 fully saturated rings. The third-order valence-electron chi connectivity index (χ3n) is 4.73. The normalized spacial score (nSPS) is 14.3. The minimum atomic E-state index is -4.73. The Balaban J connectivity index is 1.52. The maximum Gasteiger partial charge on any atom is 0.573 e. The van der Waals surface area contributed by atoms with Crippen molar-refractivity contribution in [3.05, 3.63) is 66.4 Å². The van der Waals surface area contributed by atoms with Gasteiger partial charge in [-0.05, 0) is 42.0 Å². The van der Waals surface area contributed by atoms with Gasteiger partial charge in [-0.3, -0.25) is 4.98 Å². The summed E-state index contributed by atoms with van der Waals surface area (Å²) in [6, 6.07) is 8.79. The average Bonchev–Trinajstić information content (AvgIpc) is 2.70. The second-order valence-electron chi connectivity index (χ2n) is 7.20. The van der Waals surface area contributed by atoms with Crippen LogP contribution in [0, 0.1) is 5.82 Å². The van der Waals surface area contributed by atoms with Gasteiger partial charge in [0, 0.05) is 54.9 Å². The van der Waals surface area contributed by atoms with Crippen LogP contribution in [0.15, 0.2) is 55.0 Å². The van der Waals surface area contributed by atoms with E-state index in [4.69, 9.17) is 5.73 Å². The molecule has 0 bridgehead atoms. The lowest BCUT2D eigenvalue weighted by Crippen LogP contribution is -2.56. The van der Waals surface area contributed by atoms with E-state index in [9.17, 15) is 17.6 Å². The van der Waals surface area contributed by atoms with Crippen molar-refractivity contribution in [2.75, 3.05) is 23.3 Å². The number of pyridine rings is 2. The van der Waals surface area contributed by atoms with E-state index >= 15 is 0 Å². The molecule has 0 radical (unpaired) electrons. The lowest BCUT2D eigenvalue weighted by molar-refractivity contribution is -0.274.